The minimum atomic E-state index is -0.724. The standard InChI is InChI=1S/C12H17NO2S/c1-2-4-10-7-11(9-13-8-10)16-6-3-5-12(14)15/h7-9H,2-6H2,1H3,(H,14,15). The average Bonchev–Trinajstić information content (AvgIpc) is 2.25. The predicted molar refractivity (Wildman–Crippen MR) is 65.8 cm³/mol. The van der Waals surface area contributed by atoms with Crippen molar-refractivity contribution in [3.63, 3.8) is 0 Å². The van der Waals surface area contributed by atoms with Crippen LogP contribution in [0.4, 0.5) is 0 Å². The fourth-order valence-corrected chi connectivity index (χ4v) is 2.28. The second-order valence-corrected chi connectivity index (χ2v) is 4.79. The predicted octanol–water partition coefficient (Wildman–Crippen LogP) is 2.99. The maximum absolute atomic E-state index is 10.3. The Bertz CT molecular complexity index is 342. The number of pyridine rings is 1. The number of carbonyl (C=O) groups is 1. The molecular formula is C12H17NO2S. The Morgan fingerprint density at radius 2 is 2.31 bits per heavy atom. The van der Waals surface area contributed by atoms with Gasteiger partial charge in [-0.1, -0.05) is 13.3 Å². The molecule has 0 unspecified atom stereocenters. The van der Waals surface area contributed by atoms with E-state index >= 15 is 0 Å². The molecule has 0 aliphatic rings. The van der Waals surface area contributed by atoms with Gasteiger partial charge in [-0.2, -0.15) is 0 Å². The number of carboxylic acids is 1. The first-order valence-electron chi connectivity index (χ1n) is 5.51. The molecule has 0 fully saturated rings. The molecule has 1 N–H and O–H groups in total. The van der Waals surface area contributed by atoms with Gasteiger partial charge in [0, 0.05) is 23.7 Å². The van der Waals surface area contributed by atoms with Crippen LogP contribution in [0.15, 0.2) is 23.4 Å². The molecule has 0 spiro atoms. The van der Waals surface area contributed by atoms with Crippen LogP contribution in [0.2, 0.25) is 0 Å². The summed E-state index contributed by atoms with van der Waals surface area (Å²) in [7, 11) is 0. The van der Waals surface area contributed by atoms with Gasteiger partial charge in [0.25, 0.3) is 0 Å². The zero-order chi connectivity index (χ0) is 11.8. The van der Waals surface area contributed by atoms with Crippen molar-refractivity contribution in [3.8, 4) is 0 Å². The molecule has 3 nitrogen and oxygen atoms in total. The van der Waals surface area contributed by atoms with E-state index in [2.05, 4.69) is 18.0 Å². The molecule has 1 rings (SSSR count). The number of hydrogen-bond acceptors (Lipinski definition) is 3. The highest BCUT2D eigenvalue weighted by Crippen LogP contribution is 2.19. The lowest BCUT2D eigenvalue weighted by atomic mass is 10.2. The third-order valence-electron chi connectivity index (χ3n) is 2.11. The summed E-state index contributed by atoms with van der Waals surface area (Å²) >= 11 is 1.68. The topological polar surface area (TPSA) is 50.2 Å². The number of aromatic nitrogens is 1. The zero-order valence-electron chi connectivity index (χ0n) is 9.48. The van der Waals surface area contributed by atoms with E-state index in [9.17, 15) is 4.79 Å². The van der Waals surface area contributed by atoms with Gasteiger partial charge in [0.15, 0.2) is 0 Å². The second kappa shape index (κ2) is 7.28. The molecule has 0 atom stereocenters. The van der Waals surface area contributed by atoms with E-state index in [-0.39, 0.29) is 6.42 Å². The first kappa shape index (κ1) is 13.0. The Kier molecular flexibility index (Phi) is 5.93. The molecule has 88 valence electrons. The van der Waals surface area contributed by atoms with Gasteiger partial charge >= 0.3 is 5.97 Å². The van der Waals surface area contributed by atoms with Crippen LogP contribution in [0.25, 0.3) is 0 Å². The maximum Gasteiger partial charge on any atom is 0.303 e. The van der Waals surface area contributed by atoms with Crippen molar-refractivity contribution in [2.75, 3.05) is 5.75 Å². The van der Waals surface area contributed by atoms with Crippen molar-refractivity contribution in [2.24, 2.45) is 0 Å². The van der Waals surface area contributed by atoms with Gasteiger partial charge in [0.05, 0.1) is 0 Å². The molecule has 0 saturated carbocycles. The molecule has 4 heteroatoms. The van der Waals surface area contributed by atoms with E-state index in [0.717, 1.165) is 23.5 Å². The van der Waals surface area contributed by atoms with E-state index in [4.69, 9.17) is 5.11 Å². The van der Waals surface area contributed by atoms with Crippen molar-refractivity contribution >= 4 is 17.7 Å². The number of nitrogens with zero attached hydrogens (tertiary/aromatic N) is 1. The summed E-state index contributed by atoms with van der Waals surface area (Å²) in [5.41, 5.74) is 1.26. The molecule has 0 aromatic carbocycles. The lowest BCUT2D eigenvalue weighted by Crippen LogP contribution is -1.95. The van der Waals surface area contributed by atoms with Crippen LogP contribution in [0.1, 0.15) is 31.7 Å². The Morgan fingerprint density at radius 1 is 1.50 bits per heavy atom. The maximum atomic E-state index is 10.3. The highest BCUT2D eigenvalue weighted by atomic mass is 32.2. The van der Waals surface area contributed by atoms with Crippen LogP contribution >= 0.6 is 11.8 Å². The monoisotopic (exact) mass is 239 g/mol. The van der Waals surface area contributed by atoms with Crippen molar-refractivity contribution < 1.29 is 9.90 Å². The summed E-state index contributed by atoms with van der Waals surface area (Å²) in [6.45, 7) is 2.15. The molecule has 1 heterocycles. The van der Waals surface area contributed by atoms with Gasteiger partial charge < -0.3 is 5.11 Å². The van der Waals surface area contributed by atoms with Crippen LogP contribution in [0.5, 0.6) is 0 Å². The lowest BCUT2D eigenvalue weighted by Gasteiger charge is -2.03. The summed E-state index contributed by atoms with van der Waals surface area (Å²) < 4.78 is 0. The van der Waals surface area contributed by atoms with Crippen LogP contribution in [0, 0.1) is 0 Å². The minimum Gasteiger partial charge on any atom is -0.481 e. The molecular weight excluding hydrogens is 222 g/mol. The van der Waals surface area contributed by atoms with E-state index in [1.54, 1.807) is 11.8 Å². The van der Waals surface area contributed by atoms with Crippen molar-refractivity contribution in [2.45, 2.75) is 37.5 Å². The summed E-state index contributed by atoms with van der Waals surface area (Å²) in [5.74, 6) is 0.113. The number of thioether (sulfide) groups is 1. The van der Waals surface area contributed by atoms with Crippen molar-refractivity contribution in [1.82, 2.24) is 4.98 Å². The van der Waals surface area contributed by atoms with E-state index in [1.165, 1.54) is 5.56 Å². The van der Waals surface area contributed by atoms with E-state index < -0.39 is 5.97 Å². The zero-order valence-corrected chi connectivity index (χ0v) is 10.3. The molecule has 1 aromatic heterocycles. The molecule has 0 bridgehead atoms. The fourth-order valence-electron chi connectivity index (χ4n) is 1.38. The normalized spacial score (nSPS) is 10.3. The van der Waals surface area contributed by atoms with Crippen LogP contribution in [0.3, 0.4) is 0 Å². The number of aryl methyl sites for hydroxylation is 1. The van der Waals surface area contributed by atoms with Gasteiger partial charge in [0.2, 0.25) is 0 Å². The van der Waals surface area contributed by atoms with Crippen LogP contribution in [-0.2, 0) is 11.2 Å². The number of hydrogen-bond donors (Lipinski definition) is 1. The SMILES string of the molecule is CCCc1cncc(SCCCC(=O)O)c1. The third-order valence-corrected chi connectivity index (χ3v) is 3.16. The van der Waals surface area contributed by atoms with Crippen LogP contribution in [-0.4, -0.2) is 21.8 Å². The Hall–Kier alpha value is -1.03. The number of rotatable bonds is 7. The van der Waals surface area contributed by atoms with E-state index in [1.807, 2.05) is 12.4 Å². The summed E-state index contributed by atoms with van der Waals surface area (Å²) in [4.78, 5) is 15.6. The summed E-state index contributed by atoms with van der Waals surface area (Å²) in [6.07, 6.45) is 6.85. The molecule has 0 aliphatic carbocycles. The summed E-state index contributed by atoms with van der Waals surface area (Å²) in [5, 5.41) is 8.50. The minimum absolute atomic E-state index is 0.245. The highest BCUT2D eigenvalue weighted by molar-refractivity contribution is 7.99. The third kappa shape index (κ3) is 5.16. The van der Waals surface area contributed by atoms with Gasteiger partial charge in [-0.15, -0.1) is 11.8 Å². The van der Waals surface area contributed by atoms with Crippen molar-refractivity contribution in [1.29, 1.82) is 0 Å². The quantitative estimate of drug-likeness (QED) is 0.587. The average molecular weight is 239 g/mol. The molecule has 0 saturated heterocycles. The van der Waals surface area contributed by atoms with E-state index in [0.29, 0.717) is 6.42 Å². The Morgan fingerprint density at radius 3 is 3.00 bits per heavy atom. The van der Waals surface area contributed by atoms with Gasteiger partial charge in [-0.25, -0.2) is 0 Å². The smallest absolute Gasteiger partial charge is 0.303 e. The Labute approximate surface area is 100 Å². The Balaban J connectivity index is 2.35. The first-order valence-corrected chi connectivity index (χ1v) is 6.49. The first-order chi connectivity index (χ1) is 7.72. The fraction of sp³-hybridized carbons (Fsp3) is 0.500. The lowest BCUT2D eigenvalue weighted by molar-refractivity contribution is -0.137. The van der Waals surface area contributed by atoms with Gasteiger partial charge in [-0.3, -0.25) is 9.78 Å². The molecule has 1 aromatic rings. The highest BCUT2D eigenvalue weighted by Gasteiger charge is 2.00. The van der Waals surface area contributed by atoms with Crippen molar-refractivity contribution in [3.05, 3.63) is 24.0 Å². The molecule has 0 amide bonds. The van der Waals surface area contributed by atoms with Gasteiger partial charge in [0.1, 0.15) is 0 Å². The number of carboxylic acid groups (broad SMARTS) is 1. The summed E-state index contributed by atoms with van der Waals surface area (Å²) in [6, 6.07) is 2.14. The second-order valence-electron chi connectivity index (χ2n) is 3.62. The largest absolute Gasteiger partial charge is 0.481 e. The van der Waals surface area contributed by atoms with Crippen LogP contribution < -0.4 is 0 Å². The molecule has 0 radical (unpaired) electrons. The molecule has 0 aliphatic heterocycles. The number of aliphatic carboxylic acids is 1. The van der Waals surface area contributed by atoms with Gasteiger partial charge in [-0.05, 0) is 30.2 Å². The molecule has 16 heavy (non-hydrogen) atoms.